The van der Waals surface area contributed by atoms with E-state index in [0.29, 0.717) is 22.2 Å². The normalized spacial score (nSPS) is 8.85. The van der Waals surface area contributed by atoms with Crippen molar-refractivity contribution in [2.45, 2.75) is 0 Å². The Balaban J connectivity index is 0.00000144. The van der Waals surface area contributed by atoms with Crippen LogP contribution in [0.1, 0.15) is 0 Å². The highest BCUT2D eigenvalue weighted by Crippen LogP contribution is 2.33. The second-order valence-corrected chi connectivity index (χ2v) is 2.63. The zero-order valence-electron chi connectivity index (χ0n) is 7.33. The van der Waals surface area contributed by atoms with Crippen LogP contribution >= 0.6 is 24.0 Å². The number of halogens is 2. The minimum atomic E-state index is 0. The predicted octanol–water partition coefficient (Wildman–Crippen LogP) is 2.36. The van der Waals surface area contributed by atoms with Crippen molar-refractivity contribution >= 4 is 29.7 Å². The van der Waals surface area contributed by atoms with Gasteiger partial charge in [0.1, 0.15) is 11.5 Å². The summed E-state index contributed by atoms with van der Waals surface area (Å²) in [6.45, 7) is 0. The van der Waals surface area contributed by atoms with E-state index in [1.165, 1.54) is 7.11 Å². The molecular formula is C8H11Cl2NO2. The Morgan fingerprint density at radius 3 is 2.31 bits per heavy atom. The molecule has 0 saturated heterocycles. The first-order valence-electron chi connectivity index (χ1n) is 3.36. The molecule has 74 valence electrons. The fourth-order valence-electron chi connectivity index (χ4n) is 0.856. The summed E-state index contributed by atoms with van der Waals surface area (Å²) in [5, 5.41) is 0.436. The molecule has 0 saturated carbocycles. The van der Waals surface area contributed by atoms with E-state index in [1.54, 1.807) is 19.2 Å². The first-order valence-corrected chi connectivity index (χ1v) is 3.74. The molecule has 0 aliphatic heterocycles. The SMILES string of the molecule is COc1cc(Cl)c(N)c(OC)c1.Cl. The smallest absolute Gasteiger partial charge is 0.146 e. The van der Waals surface area contributed by atoms with Crippen molar-refractivity contribution in [3.05, 3.63) is 17.2 Å². The number of hydrogen-bond donors (Lipinski definition) is 1. The Hall–Kier alpha value is -0.800. The molecule has 0 unspecified atom stereocenters. The van der Waals surface area contributed by atoms with Crippen LogP contribution in [0.2, 0.25) is 5.02 Å². The van der Waals surface area contributed by atoms with Crippen LogP contribution in [-0.4, -0.2) is 14.2 Å². The maximum Gasteiger partial charge on any atom is 0.146 e. The molecule has 0 bridgehead atoms. The fourth-order valence-corrected chi connectivity index (χ4v) is 1.06. The van der Waals surface area contributed by atoms with Crippen molar-refractivity contribution in [2.75, 3.05) is 20.0 Å². The molecule has 0 aliphatic rings. The summed E-state index contributed by atoms with van der Waals surface area (Å²) in [5.74, 6) is 1.16. The highest BCUT2D eigenvalue weighted by molar-refractivity contribution is 6.33. The summed E-state index contributed by atoms with van der Waals surface area (Å²) < 4.78 is 9.95. The summed E-state index contributed by atoms with van der Waals surface area (Å²) in [6.07, 6.45) is 0. The largest absolute Gasteiger partial charge is 0.497 e. The molecule has 0 heterocycles. The molecule has 1 aromatic carbocycles. The molecule has 0 aromatic heterocycles. The Bertz CT molecular complexity index is 292. The van der Waals surface area contributed by atoms with E-state index >= 15 is 0 Å². The number of methoxy groups -OCH3 is 2. The first-order chi connectivity index (χ1) is 5.69. The second kappa shape index (κ2) is 5.04. The lowest BCUT2D eigenvalue weighted by Gasteiger charge is -2.08. The van der Waals surface area contributed by atoms with Gasteiger partial charge in [-0.05, 0) is 0 Å². The van der Waals surface area contributed by atoms with Crippen molar-refractivity contribution in [3.63, 3.8) is 0 Å². The molecule has 0 amide bonds. The van der Waals surface area contributed by atoms with Gasteiger partial charge in [-0.25, -0.2) is 0 Å². The van der Waals surface area contributed by atoms with Crippen molar-refractivity contribution in [3.8, 4) is 11.5 Å². The molecule has 0 aliphatic carbocycles. The van der Waals surface area contributed by atoms with Gasteiger partial charge >= 0.3 is 0 Å². The standard InChI is InChI=1S/C8H10ClNO2.ClH/c1-11-5-3-6(9)8(10)7(4-5)12-2;/h3-4H,10H2,1-2H3;1H. The zero-order valence-corrected chi connectivity index (χ0v) is 8.91. The van der Waals surface area contributed by atoms with Crippen molar-refractivity contribution in [2.24, 2.45) is 0 Å². The number of nitrogens with two attached hydrogens (primary N) is 1. The topological polar surface area (TPSA) is 44.5 Å². The van der Waals surface area contributed by atoms with E-state index in [9.17, 15) is 0 Å². The van der Waals surface area contributed by atoms with Crippen molar-refractivity contribution < 1.29 is 9.47 Å². The van der Waals surface area contributed by atoms with E-state index in [4.69, 9.17) is 26.8 Å². The average molecular weight is 224 g/mol. The molecule has 13 heavy (non-hydrogen) atoms. The van der Waals surface area contributed by atoms with Gasteiger partial charge in [-0.2, -0.15) is 0 Å². The van der Waals surface area contributed by atoms with Gasteiger partial charge in [-0.3, -0.25) is 0 Å². The van der Waals surface area contributed by atoms with E-state index < -0.39 is 0 Å². The summed E-state index contributed by atoms with van der Waals surface area (Å²) >= 11 is 5.79. The Labute approximate surface area is 88.2 Å². The lowest BCUT2D eigenvalue weighted by atomic mass is 10.3. The van der Waals surface area contributed by atoms with Crippen LogP contribution in [-0.2, 0) is 0 Å². The Morgan fingerprint density at radius 2 is 1.85 bits per heavy atom. The molecular weight excluding hydrogens is 213 g/mol. The van der Waals surface area contributed by atoms with Gasteiger partial charge in [0.15, 0.2) is 0 Å². The lowest BCUT2D eigenvalue weighted by Crippen LogP contribution is -1.94. The molecule has 5 heteroatoms. The zero-order chi connectivity index (χ0) is 9.14. The molecule has 1 rings (SSSR count). The molecule has 1 aromatic rings. The second-order valence-electron chi connectivity index (χ2n) is 2.23. The third-order valence-corrected chi connectivity index (χ3v) is 1.83. The summed E-state index contributed by atoms with van der Waals surface area (Å²) in [5.41, 5.74) is 6.03. The van der Waals surface area contributed by atoms with E-state index in [0.717, 1.165) is 0 Å². The lowest BCUT2D eigenvalue weighted by molar-refractivity contribution is 0.396. The number of anilines is 1. The van der Waals surface area contributed by atoms with Gasteiger partial charge in [0, 0.05) is 12.1 Å². The van der Waals surface area contributed by atoms with E-state index in [1.807, 2.05) is 0 Å². The van der Waals surface area contributed by atoms with Crippen LogP contribution in [0, 0.1) is 0 Å². The van der Waals surface area contributed by atoms with Crippen LogP contribution in [0.4, 0.5) is 5.69 Å². The maximum atomic E-state index is 5.79. The van der Waals surface area contributed by atoms with Crippen molar-refractivity contribution in [1.29, 1.82) is 0 Å². The number of ether oxygens (including phenoxy) is 2. The molecule has 0 spiro atoms. The maximum absolute atomic E-state index is 5.79. The molecule has 0 radical (unpaired) electrons. The van der Waals surface area contributed by atoms with Gasteiger partial charge in [0.25, 0.3) is 0 Å². The van der Waals surface area contributed by atoms with Crippen LogP contribution in [0.5, 0.6) is 11.5 Å². The summed E-state index contributed by atoms with van der Waals surface area (Å²) in [7, 11) is 3.09. The van der Waals surface area contributed by atoms with Crippen LogP contribution in [0.25, 0.3) is 0 Å². The van der Waals surface area contributed by atoms with Crippen LogP contribution in [0.15, 0.2) is 12.1 Å². The summed E-state index contributed by atoms with van der Waals surface area (Å²) in [6, 6.07) is 3.32. The minimum absolute atomic E-state index is 0. The first kappa shape index (κ1) is 12.2. The quantitative estimate of drug-likeness (QED) is 0.784. The molecule has 0 fully saturated rings. The minimum Gasteiger partial charge on any atom is -0.497 e. The molecule has 2 N–H and O–H groups in total. The number of nitrogen functional groups attached to an aromatic ring is 1. The fraction of sp³-hybridized carbons (Fsp3) is 0.250. The Kier molecular flexibility index (Phi) is 4.73. The highest BCUT2D eigenvalue weighted by atomic mass is 35.5. The van der Waals surface area contributed by atoms with E-state index in [2.05, 4.69) is 0 Å². The third-order valence-electron chi connectivity index (χ3n) is 1.52. The van der Waals surface area contributed by atoms with Gasteiger partial charge < -0.3 is 15.2 Å². The van der Waals surface area contributed by atoms with Crippen LogP contribution < -0.4 is 15.2 Å². The summed E-state index contributed by atoms with van der Waals surface area (Å²) in [4.78, 5) is 0. The van der Waals surface area contributed by atoms with Crippen molar-refractivity contribution in [1.82, 2.24) is 0 Å². The van der Waals surface area contributed by atoms with Gasteiger partial charge in [0.05, 0.1) is 24.9 Å². The van der Waals surface area contributed by atoms with E-state index in [-0.39, 0.29) is 12.4 Å². The third kappa shape index (κ3) is 2.57. The number of rotatable bonds is 2. The number of benzene rings is 1. The number of hydrogen-bond acceptors (Lipinski definition) is 3. The van der Waals surface area contributed by atoms with Crippen LogP contribution in [0.3, 0.4) is 0 Å². The highest BCUT2D eigenvalue weighted by Gasteiger charge is 2.06. The van der Waals surface area contributed by atoms with Gasteiger partial charge in [0.2, 0.25) is 0 Å². The predicted molar refractivity (Wildman–Crippen MR) is 56.2 cm³/mol. The average Bonchev–Trinajstić information content (AvgIpc) is 2.09. The van der Waals surface area contributed by atoms with Gasteiger partial charge in [-0.1, -0.05) is 11.6 Å². The monoisotopic (exact) mass is 223 g/mol. The Morgan fingerprint density at radius 1 is 1.23 bits per heavy atom. The molecule has 0 atom stereocenters. The van der Waals surface area contributed by atoms with Gasteiger partial charge in [-0.15, -0.1) is 12.4 Å². The molecule has 3 nitrogen and oxygen atoms in total.